The van der Waals surface area contributed by atoms with Crippen molar-refractivity contribution >= 4 is 17.4 Å². The fraction of sp³-hybridized carbons (Fsp3) is 0.200. The predicted octanol–water partition coefficient (Wildman–Crippen LogP) is 3.99. The number of nitrogen functional groups attached to an aromatic ring is 1. The van der Waals surface area contributed by atoms with Gasteiger partial charge >= 0.3 is 0 Å². The molecule has 0 aliphatic heterocycles. The van der Waals surface area contributed by atoms with E-state index in [2.05, 4.69) is 31.2 Å². The van der Waals surface area contributed by atoms with Gasteiger partial charge < -0.3 is 10.5 Å². The highest BCUT2D eigenvalue weighted by atomic mass is 32.2. The number of nitrogens with two attached hydrogens (primary N) is 1. The summed E-state index contributed by atoms with van der Waals surface area (Å²) in [4.78, 5) is 2.35. The molecule has 2 aromatic carbocycles. The quantitative estimate of drug-likeness (QED) is 0.843. The van der Waals surface area contributed by atoms with Crippen LogP contribution in [0.25, 0.3) is 0 Å². The molecule has 0 aliphatic rings. The molecule has 0 amide bonds. The molecule has 0 saturated heterocycles. The predicted molar refractivity (Wildman–Crippen MR) is 77.3 cm³/mol. The molecule has 0 aliphatic carbocycles. The molecule has 2 aromatic rings. The zero-order valence-corrected chi connectivity index (χ0v) is 11.5. The molecule has 2 nitrogen and oxygen atoms in total. The molecule has 0 fully saturated rings. The van der Waals surface area contributed by atoms with E-state index in [1.165, 1.54) is 10.5 Å². The van der Waals surface area contributed by atoms with E-state index in [1.807, 2.05) is 18.2 Å². The number of hydrogen-bond donors (Lipinski definition) is 1. The summed E-state index contributed by atoms with van der Waals surface area (Å²) < 4.78 is 5.22. The molecule has 0 saturated carbocycles. The van der Waals surface area contributed by atoms with Gasteiger partial charge in [-0.15, -0.1) is 0 Å². The lowest BCUT2D eigenvalue weighted by atomic mass is 10.2. The zero-order valence-electron chi connectivity index (χ0n) is 10.6. The summed E-state index contributed by atoms with van der Waals surface area (Å²) in [6.07, 6.45) is 1.07. The van der Waals surface area contributed by atoms with E-state index in [0.29, 0.717) is 5.69 Å². The van der Waals surface area contributed by atoms with Gasteiger partial charge in [-0.05, 0) is 42.3 Å². The Kier molecular flexibility index (Phi) is 4.15. The van der Waals surface area contributed by atoms with E-state index in [0.717, 1.165) is 17.1 Å². The summed E-state index contributed by atoms with van der Waals surface area (Å²) in [5.41, 5.74) is 7.82. The van der Waals surface area contributed by atoms with Gasteiger partial charge in [0, 0.05) is 9.79 Å². The van der Waals surface area contributed by atoms with E-state index in [-0.39, 0.29) is 0 Å². The van der Waals surface area contributed by atoms with Crippen molar-refractivity contribution < 1.29 is 4.74 Å². The first-order valence-electron chi connectivity index (χ1n) is 5.93. The smallest absolute Gasteiger partial charge is 0.142 e. The Balaban J connectivity index is 2.17. The Morgan fingerprint density at radius 1 is 1.06 bits per heavy atom. The van der Waals surface area contributed by atoms with Crippen molar-refractivity contribution in [1.29, 1.82) is 0 Å². The maximum atomic E-state index is 5.80. The van der Waals surface area contributed by atoms with Crippen molar-refractivity contribution in [3.8, 4) is 5.75 Å². The second-order valence-electron chi connectivity index (χ2n) is 4.00. The van der Waals surface area contributed by atoms with Gasteiger partial charge in [0.15, 0.2) is 0 Å². The first-order valence-corrected chi connectivity index (χ1v) is 6.75. The molecular weight excluding hydrogens is 242 g/mol. The van der Waals surface area contributed by atoms with Gasteiger partial charge in [0.2, 0.25) is 0 Å². The fourth-order valence-corrected chi connectivity index (χ4v) is 2.53. The van der Waals surface area contributed by atoms with Crippen LogP contribution in [0, 0.1) is 0 Å². The normalized spacial score (nSPS) is 10.3. The van der Waals surface area contributed by atoms with Gasteiger partial charge in [-0.2, -0.15) is 0 Å². The van der Waals surface area contributed by atoms with Crippen LogP contribution in [0.3, 0.4) is 0 Å². The van der Waals surface area contributed by atoms with Gasteiger partial charge in [0.25, 0.3) is 0 Å². The summed E-state index contributed by atoms with van der Waals surface area (Å²) in [5, 5.41) is 0. The van der Waals surface area contributed by atoms with Crippen LogP contribution in [-0.4, -0.2) is 7.11 Å². The van der Waals surface area contributed by atoms with Crippen molar-refractivity contribution in [3.63, 3.8) is 0 Å². The molecule has 0 heterocycles. The highest BCUT2D eigenvalue weighted by Crippen LogP contribution is 2.32. The minimum Gasteiger partial charge on any atom is -0.495 e. The Morgan fingerprint density at radius 3 is 2.33 bits per heavy atom. The van der Waals surface area contributed by atoms with Crippen LogP contribution >= 0.6 is 11.8 Å². The summed E-state index contributed by atoms with van der Waals surface area (Å²) in [6, 6.07) is 14.5. The lowest BCUT2D eigenvalue weighted by molar-refractivity contribution is 0.416. The van der Waals surface area contributed by atoms with Gasteiger partial charge in [-0.1, -0.05) is 30.8 Å². The number of ether oxygens (including phenoxy) is 1. The summed E-state index contributed by atoms with van der Waals surface area (Å²) in [6.45, 7) is 2.16. The Morgan fingerprint density at radius 2 is 1.72 bits per heavy atom. The van der Waals surface area contributed by atoms with Crippen LogP contribution in [0.2, 0.25) is 0 Å². The second kappa shape index (κ2) is 5.83. The molecule has 2 N–H and O–H groups in total. The van der Waals surface area contributed by atoms with Gasteiger partial charge in [-0.25, -0.2) is 0 Å². The van der Waals surface area contributed by atoms with E-state index in [4.69, 9.17) is 10.5 Å². The van der Waals surface area contributed by atoms with E-state index >= 15 is 0 Å². The molecule has 0 aromatic heterocycles. The van der Waals surface area contributed by atoms with E-state index in [9.17, 15) is 0 Å². The molecule has 0 radical (unpaired) electrons. The third kappa shape index (κ3) is 2.99. The fourth-order valence-electron chi connectivity index (χ4n) is 1.68. The number of anilines is 1. The van der Waals surface area contributed by atoms with E-state index < -0.39 is 0 Å². The van der Waals surface area contributed by atoms with Crippen molar-refractivity contribution in [3.05, 3.63) is 48.0 Å². The number of aryl methyl sites for hydroxylation is 1. The molecule has 0 bridgehead atoms. The third-order valence-corrected chi connectivity index (χ3v) is 3.77. The summed E-state index contributed by atoms with van der Waals surface area (Å²) in [7, 11) is 1.64. The Labute approximate surface area is 112 Å². The van der Waals surface area contributed by atoms with Crippen molar-refractivity contribution in [1.82, 2.24) is 0 Å². The highest BCUT2D eigenvalue weighted by molar-refractivity contribution is 7.99. The van der Waals surface area contributed by atoms with Crippen LogP contribution in [-0.2, 0) is 6.42 Å². The minimum absolute atomic E-state index is 0.670. The molecule has 18 heavy (non-hydrogen) atoms. The van der Waals surface area contributed by atoms with Crippen LogP contribution in [0.15, 0.2) is 52.3 Å². The SMILES string of the molecule is CCc1ccc(Sc2ccc(N)c(OC)c2)cc1. The second-order valence-corrected chi connectivity index (χ2v) is 5.15. The standard InChI is InChI=1S/C15H17NOS/c1-3-11-4-6-12(7-5-11)18-13-8-9-14(16)15(10-13)17-2/h4-10H,3,16H2,1-2H3. The van der Waals surface area contributed by atoms with Crippen molar-refractivity contribution in [2.24, 2.45) is 0 Å². The number of benzene rings is 2. The topological polar surface area (TPSA) is 35.2 Å². The first kappa shape index (κ1) is 12.8. The molecule has 3 heteroatoms. The first-order chi connectivity index (χ1) is 8.72. The average Bonchev–Trinajstić information content (AvgIpc) is 2.42. The summed E-state index contributed by atoms with van der Waals surface area (Å²) >= 11 is 1.71. The van der Waals surface area contributed by atoms with Gasteiger partial charge in [0.05, 0.1) is 12.8 Å². The maximum Gasteiger partial charge on any atom is 0.142 e. The van der Waals surface area contributed by atoms with Crippen LogP contribution in [0.1, 0.15) is 12.5 Å². The number of methoxy groups -OCH3 is 1. The zero-order chi connectivity index (χ0) is 13.0. The summed E-state index contributed by atoms with van der Waals surface area (Å²) in [5.74, 6) is 0.727. The monoisotopic (exact) mass is 259 g/mol. The van der Waals surface area contributed by atoms with E-state index in [1.54, 1.807) is 18.9 Å². The minimum atomic E-state index is 0.670. The van der Waals surface area contributed by atoms with Crippen LogP contribution in [0.5, 0.6) is 5.75 Å². The Bertz CT molecular complexity index is 523. The molecule has 0 atom stereocenters. The number of rotatable bonds is 4. The van der Waals surface area contributed by atoms with Crippen molar-refractivity contribution in [2.75, 3.05) is 12.8 Å². The maximum absolute atomic E-state index is 5.80. The lowest BCUT2D eigenvalue weighted by Crippen LogP contribution is -1.91. The molecule has 2 rings (SSSR count). The molecule has 94 valence electrons. The molecular formula is C15H17NOS. The van der Waals surface area contributed by atoms with Crippen LogP contribution < -0.4 is 10.5 Å². The van der Waals surface area contributed by atoms with Crippen LogP contribution in [0.4, 0.5) is 5.69 Å². The largest absolute Gasteiger partial charge is 0.495 e. The number of hydrogen-bond acceptors (Lipinski definition) is 3. The average molecular weight is 259 g/mol. The Hall–Kier alpha value is -1.61. The van der Waals surface area contributed by atoms with Crippen molar-refractivity contribution in [2.45, 2.75) is 23.1 Å². The highest BCUT2D eigenvalue weighted by Gasteiger charge is 2.03. The van der Waals surface area contributed by atoms with Gasteiger partial charge in [0.1, 0.15) is 5.75 Å². The lowest BCUT2D eigenvalue weighted by Gasteiger charge is -2.07. The van der Waals surface area contributed by atoms with Gasteiger partial charge in [-0.3, -0.25) is 0 Å². The third-order valence-electron chi connectivity index (χ3n) is 2.77. The molecule has 0 spiro atoms. The molecule has 0 unspecified atom stereocenters.